The van der Waals surface area contributed by atoms with Gasteiger partial charge < -0.3 is 15.6 Å². The van der Waals surface area contributed by atoms with Crippen LogP contribution in [0.5, 0.6) is 0 Å². The van der Waals surface area contributed by atoms with E-state index >= 15 is 0 Å². The van der Waals surface area contributed by atoms with Gasteiger partial charge in [-0.2, -0.15) is 0 Å². The predicted molar refractivity (Wildman–Crippen MR) is 62.2 cm³/mol. The minimum Gasteiger partial charge on any atom is -0.481 e. The first kappa shape index (κ1) is 13.5. The second-order valence-corrected chi connectivity index (χ2v) is 5.11. The maximum atomic E-state index is 11.4. The molecule has 0 amide bonds. The molecule has 4 heteroatoms. The van der Waals surface area contributed by atoms with Crippen LogP contribution in [0.1, 0.15) is 39.5 Å². The highest BCUT2D eigenvalue weighted by molar-refractivity contribution is 5.75. The van der Waals surface area contributed by atoms with Crippen molar-refractivity contribution in [1.82, 2.24) is 0 Å². The molecule has 0 bridgehead atoms. The molecular weight excluding hydrogens is 206 g/mol. The molecule has 0 heterocycles. The normalized spacial score (nSPS) is 19.8. The second-order valence-electron chi connectivity index (χ2n) is 5.11. The molecule has 1 aliphatic carbocycles. The maximum Gasteiger partial charge on any atom is 0.311 e. The molecule has 0 aliphatic heterocycles. The van der Waals surface area contributed by atoms with Crippen molar-refractivity contribution in [2.75, 3.05) is 13.2 Å². The topological polar surface area (TPSA) is 72.5 Å². The minimum absolute atomic E-state index is 0.144. The van der Waals surface area contributed by atoms with E-state index in [0.717, 1.165) is 12.8 Å². The van der Waals surface area contributed by atoms with E-state index in [0.29, 0.717) is 25.4 Å². The van der Waals surface area contributed by atoms with E-state index in [-0.39, 0.29) is 12.6 Å². The Morgan fingerprint density at radius 1 is 1.56 bits per heavy atom. The van der Waals surface area contributed by atoms with Gasteiger partial charge >= 0.3 is 5.97 Å². The van der Waals surface area contributed by atoms with Crippen molar-refractivity contribution in [3.8, 4) is 0 Å². The second kappa shape index (κ2) is 5.64. The minimum atomic E-state index is -0.769. The van der Waals surface area contributed by atoms with Gasteiger partial charge in [0, 0.05) is 13.2 Å². The molecular formula is C12H23NO3. The fraction of sp³-hybridized carbons (Fsp3) is 0.917. The number of aliphatic carboxylic acids is 1. The van der Waals surface area contributed by atoms with Gasteiger partial charge in [-0.25, -0.2) is 0 Å². The lowest BCUT2D eigenvalue weighted by atomic mass is 9.79. The molecule has 16 heavy (non-hydrogen) atoms. The predicted octanol–water partition coefficient (Wildman–Crippen LogP) is 1.63. The number of carboxylic acid groups (broad SMARTS) is 1. The Kier molecular flexibility index (Phi) is 4.74. The fourth-order valence-corrected chi connectivity index (χ4v) is 1.93. The summed E-state index contributed by atoms with van der Waals surface area (Å²) in [6, 6.07) is 0. The van der Waals surface area contributed by atoms with Crippen LogP contribution >= 0.6 is 0 Å². The van der Waals surface area contributed by atoms with E-state index in [1.54, 1.807) is 0 Å². The fourth-order valence-electron chi connectivity index (χ4n) is 1.93. The summed E-state index contributed by atoms with van der Waals surface area (Å²) < 4.78 is 5.43. The first-order chi connectivity index (χ1) is 7.50. The van der Waals surface area contributed by atoms with Crippen molar-refractivity contribution >= 4 is 5.97 Å². The molecule has 1 rings (SSSR count). The van der Waals surface area contributed by atoms with E-state index < -0.39 is 11.4 Å². The van der Waals surface area contributed by atoms with Crippen LogP contribution in [0.4, 0.5) is 0 Å². The molecule has 0 aromatic heterocycles. The van der Waals surface area contributed by atoms with Gasteiger partial charge in [0.1, 0.15) is 0 Å². The van der Waals surface area contributed by atoms with Crippen LogP contribution < -0.4 is 5.73 Å². The Bertz CT molecular complexity index is 238. The van der Waals surface area contributed by atoms with Crippen molar-refractivity contribution < 1.29 is 14.6 Å². The van der Waals surface area contributed by atoms with Gasteiger partial charge in [-0.3, -0.25) is 4.79 Å². The van der Waals surface area contributed by atoms with Gasteiger partial charge in [0.2, 0.25) is 0 Å². The smallest absolute Gasteiger partial charge is 0.311 e. The third-order valence-corrected chi connectivity index (χ3v) is 3.25. The summed E-state index contributed by atoms with van der Waals surface area (Å²) in [6.07, 6.45) is 3.68. The molecule has 1 atom stereocenters. The highest BCUT2D eigenvalue weighted by Gasteiger charge is 2.41. The molecule has 0 aromatic carbocycles. The van der Waals surface area contributed by atoms with Gasteiger partial charge in [0.15, 0.2) is 0 Å². The molecule has 0 aromatic rings. The lowest BCUT2D eigenvalue weighted by molar-refractivity contribution is -0.150. The molecule has 1 aliphatic rings. The summed E-state index contributed by atoms with van der Waals surface area (Å²) in [4.78, 5) is 11.4. The highest BCUT2D eigenvalue weighted by Crippen LogP contribution is 2.42. The summed E-state index contributed by atoms with van der Waals surface area (Å²) >= 11 is 0. The molecule has 94 valence electrons. The third kappa shape index (κ3) is 3.76. The average Bonchev–Trinajstić information content (AvgIpc) is 2.99. The van der Waals surface area contributed by atoms with Gasteiger partial charge in [-0.1, -0.05) is 12.8 Å². The first-order valence-electron chi connectivity index (χ1n) is 6.05. The van der Waals surface area contributed by atoms with Crippen LogP contribution in [-0.4, -0.2) is 30.3 Å². The first-order valence-corrected chi connectivity index (χ1v) is 6.05. The number of nitrogens with two attached hydrogens (primary N) is 1. The number of hydrogen-bond acceptors (Lipinski definition) is 3. The molecule has 1 unspecified atom stereocenters. The van der Waals surface area contributed by atoms with Gasteiger partial charge in [-0.05, 0) is 32.6 Å². The van der Waals surface area contributed by atoms with E-state index in [1.165, 1.54) is 0 Å². The highest BCUT2D eigenvalue weighted by atomic mass is 16.5. The summed E-state index contributed by atoms with van der Waals surface area (Å²) in [7, 11) is 0. The van der Waals surface area contributed by atoms with Crippen LogP contribution in [-0.2, 0) is 9.53 Å². The Hall–Kier alpha value is -0.610. The third-order valence-electron chi connectivity index (χ3n) is 3.25. The summed E-state index contributed by atoms with van der Waals surface area (Å²) in [6.45, 7) is 4.59. The Morgan fingerprint density at radius 3 is 2.56 bits per heavy atom. The molecule has 3 N–H and O–H groups in total. The van der Waals surface area contributed by atoms with Crippen LogP contribution in [0.25, 0.3) is 0 Å². The van der Waals surface area contributed by atoms with Gasteiger partial charge in [-0.15, -0.1) is 0 Å². The molecule has 0 radical (unpaired) electrons. The monoisotopic (exact) mass is 229 g/mol. The quantitative estimate of drug-likeness (QED) is 0.663. The number of hydrogen-bond donors (Lipinski definition) is 2. The van der Waals surface area contributed by atoms with E-state index in [4.69, 9.17) is 10.5 Å². The molecule has 1 fully saturated rings. The lowest BCUT2D eigenvalue weighted by Crippen LogP contribution is -2.40. The zero-order chi connectivity index (χ0) is 12.2. The lowest BCUT2D eigenvalue weighted by Gasteiger charge is -2.28. The number of rotatable bonds is 8. The zero-order valence-corrected chi connectivity index (χ0v) is 10.2. The van der Waals surface area contributed by atoms with Crippen LogP contribution in [0.3, 0.4) is 0 Å². The van der Waals surface area contributed by atoms with Crippen molar-refractivity contribution in [3.05, 3.63) is 0 Å². The number of carbonyl (C=O) groups is 1. The van der Waals surface area contributed by atoms with Gasteiger partial charge in [0.05, 0.1) is 11.5 Å². The zero-order valence-electron chi connectivity index (χ0n) is 10.2. The molecule has 0 saturated heterocycles. The van der Waals surface area contributed by atoms with Crippen molar-refractivity contribution in [2.45, 2.75) is 45.6 Å². The largest absolute Gasteiger partial charge is 0.481 e. The summed E-state index contributed by atoms with van der Waals surface area (Å²) in [5, 5.41) is 9.33. The van der Waals surface area contributed by atoms with Crippen molar-refractivity contribution in [1.29, 1.82) is 0 Å². The van der Waals surface area contributed by atoms with Gasteiger partial charge in [0.25, 0.3) is 0 Å². The van der Waals surface area contributed by atoms with Crippen LogP contribution in [0, 0.1) is 11.3 Å². The standard InChI is InChI=1S/C12H23NO3/c1-9(2)16-6-5-12(8-13,11(14)15)7-10-3-4-10/h9-10H,3-8,13H2,1-2H3,(H,14,15). The SMILES string of the molecule is CC(C)OCCC(CN)(CC1CC1)C(=O)O. The van der Waals surface area contributed by atoms with Crippen LogP contribution in [0.2, 0.25) is 0 Å². The molecule has 4 nitrogen and oxygen atoms in total. The molecule has 0 spiro atoms. The number of carboxylic acids is 1. The number of ether oxygens (including phenoxy) is 1. The summed E-state index contributed by atoms with van der Waals surface area (Å²) in [5.74, 6) is -0.201. The van der Waals surface area contributed by atoms with E-state index in [9.17, 15) is 9.90 Å². The van der Waals surface area contributed by atoms with Crippen molar-refractivity contribution in [2.24, 2.45) is 17.1 Å². The average molecular weight is 229 g/mol. The Labute approximate surface area is 97.2 Å². The van der Waals surface area contributed by atoms with E-state index in [1.807, 2.05) is 13.8 Å². The van der Waals surface area contributed by atoms with Crippen LogP contribution in [0.15, 0.2) is 0 Å². The Balaban J connectivity index is 2.50. The van der Waals surface area contributed by atoms with E-state index in [2.05, 4.69) is 0 Å². The summed E-state index contributed by atoms with van der Waals surface area (Å²) in [5.41, 5.74) is 4.90. The molecule has 1 saturated carbocycles. The van der Waals surface area contributed by atoms with Crippen molar-refractivity contribution in [3.63, 3.8) is 0 Å². The Morgan fingerprint density at radius 2 is 2.19 bits per heavy atom. The maximum absolute atomic E-state index is 11.4.